The molecule has 4 atom stereocenters. The molecule has 4 aromatic carbocycles. The lowest BCUT2D eigenvalue weighted by atomic mass is 9.91. The van der Waals surface area contributed by atoms with Crippen molar-refractivity contribution in [2.45, 2.75) is 96.8 Å². The minimum absolute atomic E-state index is 0. The first-order valence-corrected chi connectivity index (χ1v) is 23.2. The van der Waals surface area contributed by atoms with Crippen molar-refractivity contribution in [1.82, 2.24) is 35.6 Å². The molecule has 0 aliphatic heterocycles. The molecular weight excluding hydrogens is 929 g/mol. The minimum Gasteiger partial charge on any atom is -0.399 e. The van der Waals surface area contributed by atoms with Crippen LogP contribution in [0.15, 0.2) is 122 Å². The largest absolute Gasteiger partial charge is 0.399 e. The van der Waals surface area contributed by atoms with Gasteiger partial charge < -0.3 is 37.7 Å². The zero-order valence-electron chi connectivity index (χ0n) is 36.6. The normalized spacial score (nSPS) is 18.0. The quantitative estimate of drug-likeness (QED) is 0.0647. The Morgan fingerprint density at radius 1 is 0.609 bits per heavy atom. The van der Waals surface area contributed by atoms with Gasteiger partial charge in [0.1, 0.15) is 0 Å². The number of hydrogen-bond donors (Lipinski definition) is 7. The molecule has 10 rings (SSSR count). The maximum absolute atomic E-state index is 12.6. The number of halogens is 3. The standard InChI is InChI=1S/C26H26ClN5O.C25H25ClN6O.2CH4.ClH/c27-23-15-29-26(32-24(23)22-13-10-16-4-1-2-7-21(16)22)31-20-6-3-5-19(14-20)30-25(33)17-8-11-18(28)12-9-17;26-21-14-29-25(32-23(21)20-13-28-22-7-2-1-6-19(20)22)31-18-5-3-4-17(12-18)30-24(33)15-8-10-16(27)11-9-15;;;/h1-2,4,7-9,11-13,15,19-20H,3,5-6,10,14,28H2,(H,30,33)(H,29,31,32);1-2,6-11,13-14,17-18,28H,3-5,12,27H2,(H,30,33)(H,29,31,32);2*1H4;1H/t19-,20+;17-,18+;;;/m00.../s1. The topological polar surface area (TPSA) is 202 Å². The molecule has 3 heterocycles. The number of nitrogens with zero attached hydrogens (tertiary/aromatic N) is 4. The predicted octanol–water partition coefficient (Wildman–Crippen LogP) is 11.6. The van der Waals surface area contributed by atoms with E-state index in [1.807, 2.05) is 36.5 Å². The van der Waals surface area contributed by atoms with Gasteiger partial charge in [-0.3, -0.25) is 9.59 Å². The summed E-state index contributed by atoms with van der Waals surface area (Å²) in [6.07, 6.45) is 15.8. The summed E-state index contributed by atoms with van der Waals surface area (Å²) in [4.78, 5) is 46.8. The van der Waals surface area contributed by atoms with E-state index in [0.29, 0.717) is 50.1 Å². The highest BCUT2D eigenvalue weighted by Gasteiger charge is 2.27. The number of allylic oxidation sites excluding steroid dienone is 1. The van der Waals surface area contributed by atoms with E-state index < -0.39 is 0 Å². The smallest absolute Gasteiger partial charge is 0.251 e. The van der Waals surface area contributed by atoms with E-state index in [2.05, 4.69) is 60.5 Å². The summed E-state index contributed by atoms with van der Waals surface area (Å²) in [6.45, 7) is 0. The Labute approximate surface area is 420 Å². The van der Waals surface area contributed by atoms with Crippen molar-refractivity contribution in [3.8, 4) is 11.3 Å². The number of nitrogens with one attached hydrogen (secondary N) is 5. The molecule has 9 N–H and O–H groups in total. The number of fused-ring (bicyclic) bond motifs is 2. The van der Waals surface area contributed by atoms with E-state index in [4.69, 9.17) is 44.6 Å². The number of aromatic nitrogens is 5. The van der Waals surface area contributed by atoms with Gasteiger partial charge in [-0.05, 0) is 124 Å². The van der Waals surface area contributed by atoms with E-state index in [-0.39, 0.29) is 63.2 Å². The molecule has 0 saturated heterocycles. The summed E-state index contributed by atoms with van der Waals surface area (Å²) in [7, 11) is 0. The highest BCUT2D eigenvalue weighted by Crippen LogP contribution is 2.36. The van der Waals surface area contributed by atoms with Crippen LogP contribution in [0.4, 0.5) is 23.3 Å². The second kappa shape index (κ2) is 23.6. The molecule has 0 unspecified atom stereocenters. The average Bonchev–Trinajstić information content (AvgIpc) is 3.96. The van der Waals surface area contributed by atoms with Crippen LogP contribution < -0.4 is 32.7 Å². The van der Waals surface area contributed by atoms with Crippen molar-refractivity contribution in [2.24, 2.45) is 0 Å². The zero-order chi connectivity index (χ0) is 45.6. The number of amides is 2. The highest BCUT2D eigenvalue weighted by molar-refractivity contribution is 6.33. The second-order valence-corrected chi connectivity index (χ2v) is 17.9. The van der Waals surface area contributed by atoms with Crippen molar-refractivity contribution in [3.63, 3.8) is 0 Å². The molecule has 3 aromatic heterocycles. The maximum atomic E-state index is 12.6. The average molecular weight is 989 g/mol. The SMILES string of the molecule is C.C.Cl.Nc1ccc(C(=O)N[C@H]2CCC[C@@H](Nc3ncc(Cl)c(-c4c[nH]c5ccccc45)n3)C2)cc1.Nc1ccc(C(=O)N[C@H]2CCC[C@@H](Nc3ncc(Cl)c(C4=CCc5ccccc54)n3)C2)cc1. The molecule has 0 spiro atoms. The van der Waals surface area contributed by atoms with Gasteiger partial charge in [0, 0.05) is 74.9 Å². The number of carbonyl (C=O) groups is 2. The fourth-order valence-electron chi connectivity index (χ4n) is 9.10. The van der Waals surface area contributed by atoms with Gasteiger partial charge in [0.2, 0.25) is 11.9 Å². The number of H-pyrrole nitrogens is 1. The van der Waals surface area contributed by atoms with E-state index in [9.17, 15) is 9.59 Å². The number of benzene rings is 4. The van der Waals surface area contributed by atoms with Gasteiger partial charge in [0.15, 0.2) is 0 Å². The zero-order valence-corrected chi connectivity index (χ0v) is 39.0. The minimum atomic E-state index is -0.0787. The number of hydrogen-bond acceptors (Lipinski definition) is 10. The molecule has 2 fully saturated rings. The van der Waals surface area contributed by atoms with Crippen LogP contribution in [-0.2, 0) is 6.42 Å². The Balaban J connectivity index is 0.000000217. The van der Waals surface area contributed by atoms with Crippen LogP contribution in [0.5, 0.6) is 0 Å². The van der Waals surface area contributed by atoms with Gasteiger partial charge in [0.25, 0.3) is 11.8 Å². The van der Waals surface area contributed by atoms with Crippen molar-refractivity contribution >= 4 is 87.2 Å². The summed E-state index contributed by atoms with van der Waals surface area (Å²) in [5.41, 5.74) is 20.9. The summed E-state index contributed by atoms with van der Waals surface area (Å²) in [5, 5.41) is 15.3. The number of rotatable bonds is 10. The Hall–Kier alpha value is -6.67. The van der Waals surface area contributed by atoms with Crippen LogP contribution in [-0.4, -0.2) is 60.9 Å². The molecule has 13 nitrogen and oxygen atoms in total. The Bertz CT molecular complexity index is 2890. The Morgan fingerprint density at radius 3 is 1.68 bits per heavy atom. The lowest BCUT2D eigenvalue weighted by Crippen LogP contribution is -2.42. The monoisotopic (exact) mass is 987 g/mol. The highest BCUT2D eigenvalue weighted by atomic mass is 35.5. The van der Waals surface area contributed by atoms with Gasteiger partial charge in [-0.25, -0.2) is 19.9 Å². The van der Waals surface area contributed by atoms with Crippen LogP contribution in [0.3, 0.4) is 0 Å². The number of anilines is 4. The number of carbonyl (C=O) groups excluding carboxylic acids is 2. The molecule has 0 bridgehead atoms. The lowest BCUT2D eigenvalue weighted by Gasteiger charge is -2.30. The van der Waals surface area contributed by atoms with Crippen LogP contribution in [0.1, 0.15) is 104 Å². The van der Waals surface area contributed by atoms with Crippen molar-refractivity contribution in [3.05, 3.63) is 160 Å². The van der Waals surface area contributed by atoms with Gasteiger partial charge in [-0.1, -0.05) is 86.6 Å². The van der Waals surface area contributed by atoms with Crippen LogP contribution in [0.2, 0.25) is 10.0 Å². The number of nitrogen functional groups attached to an aromatic ring is 2. The van der Waals surface area contributed by atoms with Gasteiger partial charge in [-0.15, -0.1) is 12.4 Å². The molecule has 2 amide bonds. The van der Waals surface area contributed by atoms with Crippen molar-refractivity contribution in [1.29, 1.82) is 0 Å². The van der Waals surface area contributed by atoms with E-state index in [0.717, 1.165) is 85.5 Å². The Morgan fingerprint density at radius 2 is 1.10 bits per heavy atom. The fourth-order valence-corrected chi connectivity index (χ4v) is 9.49. The maximum Gasteiger partial charge on any atom is 0.251 e. The third-order valence-corrected chi connectivity index (χ3v) is 13.0. The second-order valence-electron chi connectivity index (χ2n) is 17.1. The molecular formula is C53H60Cl3N11O2. The van der Waals surface area contributed by atoms with Gasteiger partial charge in [-0.2, -0.15) is 0 Å². The van der Waals surface area contributed by atoms with E-state index in [1.54, 1.807) is 60.9 Å². The number of para-hydroxylation sites is 1. The first-order chi connectivity index (χ1) is 32.1. The molecule has 3 aliphatic carbocycles. The van der Waals surface area contributed by atoms with Crippen LogP contribution in [0, 0.1) is 0 Å². The molecule has 7 aromatic rings. The molecule has 16 heteroatoms. The predicted molar refractivity (Wildman–Crippen MR) is 285 cm³/mol. The molecule has 0 radical (unpaired) electrons. The van der Waals surface area contributed by atoms with E-state index >= 15 is 0 Å². The third-order valence-electron chi connectivity index (χ3n) is 12.5. The molecule has 2 saturated carbocycles. The molecule has 360 valence electrons. The van der Waals surface area contributed by atoms with Gasteiger partial charge in [0.05, 0.1) is 33.8 Å². The third kappa shape index (κ3) is 12.5. The van der Waals surface area contributed by atoms with Crippen LogP contribution >= 0.6 is 35.6 Å². The summed E-state index contributed by atoms with van der Waals surface area (Å²) >= 11 is 12.9. The number of nitrogens with two attached hydrogens (primary N) is 2. The van der Waals surface area contributed by atoms with Crippen molar-refractivity contribution in [2.75, 3.05) is 22.1 Å². The number of aromatic amines is 1. The first-order valence-electron chi connectivity index (χ1n) is 22.4. The van der Waals surface area contributed by atoms with Crippen molar-refractivity contribution < 1.29 is 9.59 Å². The molecule has 69 heavy (non-hydrogen) atoms. The summed E-state index contributed by atoms with van der Waals surface area (Å²) < 4.78 is 0. The summed E-state index contributed by atoms with van der Waals surface area (Å²) in [6, 6.07) is 30.9. The van der Waals surface area contributed by atoms with E-state index in [1.165, 1.54) is 11.1 Å². The first kappa shape index (κ1) is 51.7. The van der Waals surface area contributed by atoms with Gasteiger partial charge >= 0.3 is 0 Å². The fraction of sp³-hybridized carbons (Fsp3) is 0.283. The molecule has 3 aliphatic rings. The summed E-state index contributed by atoms with van der Waals surface area (Å²) in [5.74, 6) is 0.952. The van der Waals surface area contributed by atoms with Crippen LogP contribution in [0.25, 0.3) is 27.7 Å². The lowest BCUT2D eigenvalue weighted by molar-refractivity contribution is 0.0917. The Kier molecular flexibility index (Phi) is 17.7.